The van der Waals surface area contributed by atoms with Gasteiger partial charge in [-0.3, -0.25) is 5.10 Å². The first-order chi connectivity index (χ1) is 8.80. The summed E-state index contributed by atoms with van der Waals surface area (Å²) in [6.45, 7) is 0. The van der Waals surface area contributed by atoms with E-state index in [0.29, 0.717) is 0 Å². The van der Waals surface area contributed by atoms with Gasteiger partial charge in [0.05, 0.1) is 20.3 Å². The number of hydrogen-bond acceptors (Lipinski definition) is 5. The highest BCUT2D eigenvalue weighted by atomic mass is 16.5. The minimum absolute atomic E-state index is 0.103. The third-order valence-electron chi connectivity index (χ3n) is 2.75. The fraction of sp³-hybridized carbons (Fsp3) is 0.333. The van der Waals surface area contributed by atoms with Crippen molar-refractivity contribution in [3.05, 3.63) is 35.9 Å². The zero-order valence-electron chi connectivity index (χ0n) is 10.6. The Hall–Kier alpha value is -2.08. The van der Waals surface area contributed by atoms with Crippen molar-refractivity contribution in [2.24, 2.45) is 0 Å². The predicted octanol–water partition coefficient (Wildman–Crippen LogP) is 1.13. The summed E-state index contributed by atoms with van der Waals surface area (Å²) in [6, 6.07) is 5.57. The Morgan fingerprint density at radius 2 is 2.11 bits per heavy atom. The van der Waals surface area contributed by atoms with Crippen LogP contribution in [-0.2, 0) is 0 Å². The van der Waals surface area contributed by atoms with Crippen LogP contribution in [-0.4, -0.2) is 36.4 Å². The minimum Gasteiger partial charge on any atom is -0.497 e. The third-order valence-corrected chi connectivity index (χ3v) is 2.75. The summed E-state index contributed by atoms with van der Waals surface area (Å²) in [4.78, 5) is 4.17. The number of aromatic amines is 1. The van der Waals surface area contributed by atoms with Crippen LogP contribution in [0.2, 0.25) is 0 Å². The molecular formula is C12H16N4O2. The molecule has 96 valence electrons. The molecule has 1 atom stereocenters. The average molecular weight is 248 g/mol. The lowest BCUT2D eigenvalue weighted by atomic mass is 10.0. The molecule has 0 radical (unpaired) electrons. The van der Waals surface area contributed by atoms with E-state index in [2.05, 4.69) is 20.5 Å². The van der Waals surface area contributed by atoms with Gasteiger partial charge in [0.15, 0.2) is 0 Å². The lowest BCUT2D eigenvalue weighted by Crippen LogP contribution is -2.19. The predicted molar refractivity (Wildman–Crippen MR) is 66.8 cm³/mol. The van der Waals surface area contributed by atoms with Crippen LogP contribution in [0.15, 0.2) is 24.5 Å². The molecule has 2 aromatic rings. The summed E-state index contributed by atoms with van der Waals surface area (Å²) in [7, 11) is 5.11. The van der Waals surface area contributed by atoms with Crippen LogP contribution in [0.25, 0.3) is 0 Å². The Balaban J connectivity index is 2.42. The van der Waals surface area contributed by atoms with E-state index in [1.165, 1.54) is 6.33 Å². The molecule has 1 aromatic heterocycles. The van der Waals surface area contributed by atoms with Crippen molar-refractivity contribution in [2.75, 3.05) is 21.3 Å². The van der Waals surface area contributed by atoms with Crippen molar-refractivity contribution in [3.8, 4) is 11.5 Å². The van der Waals surface area contributed by atoms with Crippen LogP contribution < -0.4 is 14.8 Å². The Morgan fingerprint density at radius 3 is 2.67 bits per heavy atom. The molecule has 1 aromatic carbocycles. The van der Waals surface area contributed by atoms with Gasteiger partial charge < -0.3 is 14.8 Å². The molecule has 1 heterocycles. The number of methoxy groups -OCH3 is 2. The summed E-state index contributed by atoms with van der Waals surface area (Å²) in [5, 5.41) is 9.90. The molecule has 2 rings (SSSR count). The number of ether oxygens (including phenoxy) is 2. The zero-order valence-corrected chi connectivity index (χ0v) is 10.6. The number of aromatic nitrogens is 3. The molecule has 0 saturated heterocycles. The van der Waals surface area contributed by atoms with Crippen molar-refractivity contribution in [3.63, 3.8) is 0 Å². The molecule has 0 aliphatic heterocycles. The van der Waals surface area contributed by atoms with Crippen LogP contribution in [0, 0.1) is 0 Å². The Morgan fingerprint density at radius 1 is 1.28 bits per heavy atom. The highest BCUT2D eigenvalue weighted by Gasteiger charge is 2.19. The second kappa shape index (κ2) is 5.50. The van der Waals surface area contributed by atoms with E-state index < -0.39 is 0 Å². The largest absolute Gasteiger partial charge is 0.497 e. The van der Waals surface area contributed by atoms with E-state index in [1.54, 1.807) is 14.2 Å². The SMILES string of the molecule is CNC(c1ncn[nH]1)c1ccc(OC)cc1OC. The van der Waals surface area contributed by atoms with Gasteiger partial charge in [0, 0.05) is 11.6 Å². The normalized spacial score (nSPS) is 12.2. The van der Waals surface area contributed by atoms with Gasteiger partial charge in [-0.25, -0.2) is 4.98 Å². The van der Waals surface area contributed by atoms with E-state index in [-0.39, 0.29) is 6.04 Å². The maximum atomic E-state index is 5.39. The van der Waals surface area contributed by atoms with Crippen LogP contribution >= 0.6 is 0 Å². The van der Waals surface area contributed by atoms with Crippen LogP contribution in [0.5, 0.6) is 11.5 Å². The lowest BCUT2D eigenvalue weighted by molar-refractivity contribution is 0.387. The smallest absolute Gasteiger partial charge is 0.146 e. The van der Waals surface area contributed by atoms with E-state index in [0.717, 1.165) is 22.9 Å². The van der Waals surface area contributed by atoms with Crippen LogP contribution in [0.4, 0.5) is 0 Å². The number of benzene rings is 1. The van der Waals surface area contributed by atoms with Crippen molar-refractivity contribution in [1.29, 1.82) is 0 Å². The Bertz CT molecular complexity index is 499. The van der Waals surface area contributed by atoms with Gasteiger partial charge in [-0.1, -0.05) is 0 Å². The molecular weight excluding hydrogens is 232 g/mol. The summed E-state index contributed by atoms with van der Waals surface area (Å²) in [6.07, 6.45) is 1.48. The van der Waals surface area contributed by atoms with E-state index >= 15 is 0 Å². The molecule has 6 heteroatoms. The highest BCUT2D eigenvalue weighted by molar-refractivity contribution is 5.44. The first-order valence-corrected chi connectivity index (χ1v) is 5.54. The number of H-pyrrole nitrogens is 1. The molecule has 0 spiro atoms. The van der Waals surface area contributed by atoms with Crippen molar-refractivity contribution >= 4 is 0 Å². The maximum absolute atomic E-state index is 5.39. The van der Waals surface area contributed by atoms with E-state index in [1.807, 2.05) is 25.2 Å². The summed E-state index contributed by atoms with van der Waals surface area (Å²) < 4.78 is 10.6. The second-order valence-corrected chi connectivity index (χ2v) is 3.70. The van der Waals surface area contributed by atoms with Gasteiger partial charge in [0.2, 0.25) is 0 Å². The van der Waals surface area contributed by atoms with Crippen molar-refractivity contribution in [2.45, 2.75) is 6.04 Å². The van der Waals surface area contributed by atoms with Gasteiger partial charge in [0.25, 0.3) is 0 Å². The van der Waals surface area contributed by atoms with Crippen molar-refractivity contribution in [1.82, 2.24) is 20.5 Å². The fourth-order valence-corrected chi connectivity index (χ4v) is 1.85. The minimum atomic E-state index is -0.103. The Labute approximate surface area is 105 Å². The van der Waals surface area contributed by atoms with Crippen molar-refractivity contribution < 1.29 is 9.47 Å². The molecule has 0 bridgehead atoms. The summed E-state index contributed by atoms with van der Waals surface area (Å²) in [5.74, 6) is 2.23. The highest BCUT2D eigenvalue weighted by Crippen LogP contribution is 2.31. The molecule has 0 aliphatic rings. The topological polar surface area (TPSA) is 72.1 Å². The number of hydrogen-bond donors (Lipinski definition) is 2. The van der Waals surface area contributed by atoms with Crippen LogP contribution in [0.3, 0.4) is 0 Å². The zero-order chi connectivity index (χ0) is 13.0. The van der Waals surface area contributed by atoms with Crippen LogP contribution in [0.1, 0.15) is 17.4 Å². The lowest BCUT2D eigenvalue weighted by Gasteiger charge is -2.17. The molecule has 2 N–H and O–H groups in total. The van der Waals surface area contributed by atoms with Gasteiger partial charge in [-0.2, -0.15) is 5.10 Å². The molecule has 0 saturated carbocycles. The average Bonchev–Trinajstić information content (AvgIpc) is 2.94. The van der Waals surface area contributed by atoms with Gasteiger partial charge in [-0.05, 0) is 19.2 Å². The molecule has 0 amide bonds. The second-order valence-electron chi connectivity index (χ2n) is 3.70. The monoisotopic (exact) mass is 248 g/mol. The molecule has 0 aliphatic carbocycles. The molecule has 6 nitrogen and oxygen atoms in total. The quantitative estimate of drug-likeness (QED) is 0.830. The van der Waals surface area contributed by atoms with Gasteiger partial charge in [-0.15, -0.1) is 0 Å². The Kier molecular flexibility index (Phi) is 3.78. The fourth-order valence-electron chi connectivity index (χ4n) is 1.85. The number of nitrogens with one attached hydrogen (secondary N) is 2. The molecule has 18 heavy (non-hydrogen) atoms. The third kappa shape index (κ3) is 2.28. The molecule has 0 fully saturated rings. The molecule has 1 unspecified atom stereocenters. The first-order valence-electron chi connectivity index (χ1n) is 5.54. The van der Waals surface area contributed by atoms with E-state index in [9.17, 15) is 0 Å². The maximum Gasteiger partial charge on any atom is 0.146 e. The summed E-state index contributed by atoms with van der Waals surface area (Å²) >= 11 is 0. The number of rotatable bonds is 5. The standard InChI is InChI=1S/C12H16N4O2/c1-13-11(12-14-7-15-16-12)9-5-4-8(17-2)6-10(9)18-3/h4-7,11,13H,1-3H3,(H,14,15,16). The number of nitrogens with zero attached hydrogens (tertiary/aromatic N) is 2. The first kappa shape index (κ1) is 12.4. The summed E-state index contributed by atoms with van der Waals surface area (Å²) in [5.41, 5.74) is 0.970. The van der Waals surface area contributed by atoms with E-state index in [4.69, 9.17) is 9.47 Å². The van der Waals surface area contributed by atoms with Gasteiger partial charge in [0.1, 0.15) is 23.7 Å². The van der Waals surface area contributed by atoms with Gasteiger partial charge >= 0.3 is 0 Å².